The summed E-state index contributed by atoms with van der Waals surface area (Å²) in [4.78, 5) is 24.4. The molecule has 0 atom stereocenters. The van der Waals surface area contributed by atoms with Gasteiger partial charge in [0.25, 0.3) is 5.19 Å². The number of carbonyl (C=O) groups is 1. The van der Waals surface area contributed by atoms with E-state index in [2.05, 4.69) is 13.5 Å². The Labute approximate surface area is 221 Å². The fraction of sp³-hybridized carbons (Fsp3) is 0.444. The standard InChI is InChI=1S/C27H34FN3O3S2/c1-7-8-9-22(29-18(2)35-6)24-23(19-10-12-20(28)13-11-19)30-25(36-24)33-21-14-16-31(17-15-21)26(32)34-27(3,4)5/h8-13,21H,2,7,14-17H2,1,3-6H3/b9-8-,29-22+. The van der Waals surface area contributed by atoms with Gasteiger partial charge in [-0.05, 0) is 63.8 Å². The molecule has 0 saturated carbocycles. The Hall–Kier alpha value is -2.65. The number of amides is 1. The van der Waals surface area contributed by atoms with Crippen molar-refractivity contribution < 1.29 is 18.7 Å². The monoisotopic (exact) mass is 531 g/mol. The molecule has 2 heterocycles. The molecule has 2 aromatic rings. The lowest BCUT2D eigenvalue weighted by atomic mass is 10.1. The van der Waals surface area contributed by atoms with Crippen LogP contribution in [0.2, 0.25) is 0 Å². The van der Waals surface area contributed by atoms with E-state index in [-0.39, 0.29) is 18.0 Å². The number of piperidine rings is 1. The maximum atomic E-state index is 13.6. The predicted molar refractivity (Wildman–Crippen MR) is 148 cm³/mol. The number of thiazole rings is 1. The Morgan fingerprint density at radius 1 is 1.31 bits per heavy atom. The van der Waals surface area contributed by atoms with Crippen LogP contribution in [0.5, 0.6) is 5.19 Å². The number of ether oxygens (including phenoxy) is 2. The Balaban J connectivity index is 1.84. The highest BCUT2D eigenvalue weighted by Gasteiger charge is 2.29. The number of hydrogen-bond donors (Lipinski definition) is 0. The molecule has 9 heteroatoms. The highest BCUT2D eigenvalue weighted by molar-refractivity contribution is 8.02. The van der Waals surface area contributed by atoms with Crippen LogP contribution < -0.4 is 4.74 Å². The molecule has 1 aromatic heterocycles. The Bertz CT molecular complexity index is 1110. The number of rotatable bonds is 8. The van der Waals surface area contributed by atoms with Gasteiger partial charge in [-0.15, -0.1) is 11.8 Å². The minimum Gasteiger partial charge on any atom is -0.467 e. The van der Waals surface area contributed by atoms with Crippen LogP contribution in [0.25, 0.3) is 11.3 Å². The van der Waals surface area contributed by atoms with E-state index >= 15 is 0 Å². The summed E-state index contributed by atoms with van der Waals surface area (Å²) < 4.78 is 25.4. The van der Waals surface area contributed by atoms with Crippen LogP contribution in [-0.4, -0.2) is 52.7 Å². The fourth-order valence-electron chi connectivity index (χ4n) is 3.53. The van der Waals surface area contributed by atoms with Crippen molar-refractivity contribution in [1.29, 1.82) is 0 Å². The van der Waals surface area contributed by atoms with Crippen molar-refractivity contribution in [2.45, 2.75) is 58.7 Å². The molecule has 0 unspecified atom stereocenters. The van der Waals surface area contributed by atoms with Crippen LogP contribution in [0.4, 0.5) is 9.18 Å². The minimum absolute atomic E-state index is 0.0727. The third kappa shape index (κ3) is 7.93. The van der Waals surface area contributed by atoms with Gasteiger partial charge in [-0.2, -0.15) is 0 Å². The quantitative estimate of drug-likeness (QED) is 0.334. The van der Waals surface area contributed by atoms with Gasteiger partial charge in [-0.1, -0.05) is 30.9 Å². The minimum atomic E-state index is -0.522. The number of aliphatic imine (C=N–C) groups is 1. The van der Waals surface area contributed by atoms with Gasteiger partial charge in [0, 0.05) is 31.5 Å². The van der Waals surface area contributed by atoms with Crippen LogP contribution in [0.1, 0.15) is 51.8 Å². The summed E-state index contributed by atoms with van der Waals surface area (Å²) >= 11 is 2.88. The highest BCUT2D eigenvalue weighted by Crippen LogP contribution is 2.35. The van der Waals surface area contributed by atoms with Gasteiger partial charge >= 0.3 is 6.09 Å². The number of allylic oxidation sites excluding steroid dienone is 2. The van der Waals surface area contributed by atoms with E-state index in [0.29, 0.717) is 41.8 Å². The summed E-state index contributed by atoms with van der Waals surface area (Å²) in [7, 11) is 0. The number of halogens is 1. The molecule has 1 fully saturated rings. The molecule has 1 saturated heterocycles. The number of aromatic nitrogens is 1. The summed E-state index contributed by atoms with van der Waals surface area (Å²) in [6.07, 6.45) is 7.77. The molecule has 0 spiro atoms. The van der Waals surface area contributed by atoms with Crippen LogP contribution >= 0.6 is 23.1 Å². The van der Waals surface area contributed by atoms with Crippen LogP contribution in [0, 0.1) is 5.82 Å². The lowest BCUT2D eigenvalue weighted by Crippen LogP contribution is -2.44. The van der Waals surface area contributed by atoms with Crippen LogP contribution in [0.15, 0.2) is 53.0 Å². The summed E-state index contributed by atoms with van der Waals surface area (Å²) in [5, 5.41) is 1.20. The number of carbonyl (C=O) groups excluding carboxylic acids is 1. The molecule has 1 aromatic carbocycles. The summed E-state index contributed by atoms with van der Waals surface area (Å²) in [5.41, 5.74) is 1.69. The van der Waals surface area contributed by atoms with Crippen molar-refractivity contribution in [2.24, 2.45) is 4.99 Å². The molecule has 0 N–H and O–H groups in total. The normalized spacial score (nSPS) is 15.4. The molecule has 1 aliphatic rings. The number of nitrogens with zero attached hydrogens (tertiary/aromatic N) is 3. The second-order valence-corrected chi connectivity index (χ2v) is 11.2. The maximum Gasteiger partial charge on any atom is 0.410 e. The first kappa shape index (κ1) is 27.9. The Morgan fingerprint density at radius 2 is 1.97 bits per heavy atom. The van der Waals surface area contributed by atoms with Gasteiger partial charge in [0.2, 0.25) is 0 Å². The van der Waals surface area contributed by atoms with E-state index in [4.69, 9.17) is 19.5 Å². The van der Waals surface area contributed by atoms with Crippen molar-refractivity contribution in [3.63, 3.8) is 0 Å². The molecule has 36 heavy (non-hydrogen) atoms. The molecule has 0 bridgehead atoms. The third-order valence-electron chi connectivity index (χ3n) is 5.31. The van der Waals surface area contributed by atoms with Gasteiger partial charge in [0.1, 0.15) is 17.5 Å². The largest absolute Gasteiger partial charge is 0.467 e. The van der Waals surface area contributed by atoms with Crippen LogP contribution in [-0.2, 0) is 4.74 Å². The van der Waals surface area contributed by atoms with Crippen molar-refractivity contribution in [3.05, 3.63) is 58.7 Å². The number of thioether (sulfide) groups is 1. The summed E-state index contributed by atoms with van der Waals surface area (Å²) in [6, 6.07) is 6.26. The first-order valence-corrected chi connectivity index (χ1v) is 14.0. The molecule has 6 nitrogen and oxygen atoms in total. The van der Waals surface area contributed by atoms with Gasteiger partial charge in [-0.25, -0.2) is 19.2 Å². The van der Waals surface area contributed by atoms with Gasteiger partial charge in [0.05, 0.1) is 21.3 Å². The second kappa shape index (κ2) is 12.5. The first-order chi connectivity index (χ1) is 17.1. The molecular weight excluding hydrogens is 497 g/mol. The molecule has 1 amide bonds. The summed E-state index contributed by atoms with van der Waals surface area (Å²) in [5.74, 6) is -0.306. The smallest absolute Gasteiger partial charge is 0.410 e. The van der Waals surface area contributed by atoms with E-state index in [9.17, 15) is 9.18 Å². The van der Waals surface area contributed by atoms with E-state index in [1.165, 1.54) is 35.2 Å². The van der Waals surface area contributed by atoms with E-state index in [1.807, 2.05) is 39.2 Å². The van der Waals surface area contributed by atoms with Crippen molar-refractivity contribution in [3.8, 4) is 16.5 Å². The van der Waals surface area contributed by atoms with Gasteiger partial charge < -0.3 is 14.4 Å². The molecule has 3 rings (SSSR count). The molecule has 0 aliphatic carbocycles. The van der Waals surface area contributed by atoms with Gasteiger partial charge in [-0.3, -0.25) is 0 Å². The summed E-state index contributed by atoms with van der Waals surface area (Å²) in [6.45, 7) is 12.8. The maximum absolute atomic E-state index is 13.6. The fourth-order valence-corrected chi connectivity index (χ4v) is 4.69. The average Bonchev–Trinajstić information content (AvgIpc) is 3.25. The second-order valence-electron chi connectivity index (χ2n) is 9.35. The van der Waals surface area contributed by atoms with Gasteiger partial charge in [0.15, 0.2) is 0 Å². The number of likely N-dealkylation sites (tertiary alicyclic amines) is 1. The first-order valence-electron chi connectivity index (χ1n) is 12.0. The zero-order chi connectivity index (χ0) is 26.3. The Morgan fingerprint density at radius 3 is 2.56 bits per heavy atom. The topological polar surface area (TPSA) is 64.0 Å². The van der Waals surface area contributed by atoms with E-state index < -0.39 is 5.60 Å². The molecule has 0 radical (unpaired) electrons. The third-order valence-corrected chi connectivity index (χ3v) is 6.84. The van der Waals surface area contributed by atoms with Crippen LogP contribution in [0.3, 0.4) is 0 Å². The molecule has 194 valence electrons. The number of hydrogen-bond acceptors (Lipinski definition) is 7. The molecule has 1 aliphatic heterocycles. The average molecular weight is 532 g/mol. The van der Waals surface area contributed by atoms with Crippen molar-refractivity contribution in [2.75, 3.05) is 19.3 Å². The number of benzene rings is 1. The zero-order valence-electron chi connectivity index (χ0n) is 21.5. The lowest BCUT2D eigenvalue weighted by molar-refractivity contribution is 0.0126. The van der Waals surface area contributed by atoms with Crippen molar-refractivity contribution in [1.82, 2.24) is 9.88 Å². The van der Waals surface area contributed by atoms with E-state index in [1.54, 1.807) is 17.0 Å². The SMILES string of the molecule is C=C(/N=C(\C=C/CC)c1sc(OC2CCN(C(=O)OC(C)(C)C)CC2)nc1-c1ccc(F)cc1)SC. The predicted octanol–water partition coefficient (Wildman–Crippen LogP) is 7.32. The molecular formula is C27H34FN3O3S2. The zero-order valence-corrected chi connectivity index (χ0v) is 23.2. The van der Waals surface area contributed by atoms with Crippen molar-refractivity contribution >= 4 is 34.9 Å². The lowest BCUT2D eigenvalue weighted by Gasteiger charge is -2.33. The van der Waals surface area contributed by atoms with E-state index in [0.717, 1.165) is 22.6 Å². The highest BCUT2D eigenvalue weighted by atomic mass is 32.2. The Kier molecular flexibility index (Phi) is 9.73.